The molecule has 1 unspecified atom stereocenters. The fourth-order valence-electron chi connectivity index (χ4n) is 0.996. The van der Waals surface area contributed by atoms with Crippen molar-refractivity contribution >= 4 is 23.5 Å². The van der Waals surface area contributed by atoms with Crippen molar-refractivity contribution in [3.63, 3.8) is 0 Å². The van der Waals surface area contributed by atoms with Crippen molar-refractivity contribution in [1.29, 1.82) is 0 Å². The fraction of sp³-hybridized carbons (Fsp3) is 0.667. The minimum Gasteiger partial charge on any atom is -0.406 e. The topological polar surface area (TPSA) is 80.0 Å². The standard InChI is InChI=1S/C9H15ClN4O2/c1-5(2)12-7(15)4-11-9-14-13-8(16-9)6(3)10/h5-6H,4H2,1-3H3,(H,11,14)(H,12,15). The van der Waals surface area contributed by atoms with E-state index in [4.69, 9.17) is 16.0 Å². The fourth-order valence-corrected chi connectivity index (χ4v) is 1.08. The minimum atomic E-state index is -0.340. The van der Waals surface area contributed by atoms with E-state index in [0.717, 1.165) is 0 Å². The van der Waals surface area contributed by atoms with E-state index < -0.39 is 0 Å². The SMILES string of the molecule is CC(C)NC(=O)CNc1nnc(C(C)Cl)o1. The van der Waals surface area contributed by atoms with Gasteiger partial charge in [0.25, 0.3) is 0 Å². The number of hydrogen-bond donors (Lipinski definition) is 2. The van der Waals surface area contributed by atoms with Crippen molar-refractivity contribution in [2.75, 3.05) is 11.9 Å². The van der Waals surface area contributed by atoms with Gasteiger partial charge in [0.1, 0.15) is 5.38 Å². The first kappa shape index (κ1) is 12.8. The summed E-state index contributed by atoms with van der Waals surface area (Å²) in [4.78, 5) is 11.3. The van der Waals surface area contributed by atoms with Crippen LogP contribution in [0.15, 0.2) is 4.42 Å². The second-order valence-electron chi connectivity index (χ2n) is 3.64. The lowest BCUT2D eigenvalue weighted by Crippen LogP contribution is -2.34. The van der Waals surface area contributed by atoms with Crippen molar-refractivity contribution < 1.29 is 9.21 Å². The zero-order chi connectivity index (χ0) is 12.1. The molecule has 0 bridgehead atoms. The van der Waals surface area contributed by atoms with Crippen LogP contribution in [0.25, 0.3) is 0 Å². The number of nitrogens with one attached hydrogen (secondary N) is 2. The van der Waals surface area contributed by atoms with Crippen molar-refractivity contribution in [2.45, 2.75) is 32.2 Å². The Kier molecular flexibility index (Phi) is 4.54. The van der Waals surface area contributed by atoms with Crippen molar-refractivity contribution in [1.82, 2.24) is 15.5 Å². The summed E-state index contributed by atoms with van der Waals surface area (Å²) in [6.45, 7) is 5.59. The molecule has 0 aliphatic carbocycles. The Bertz CT molecular complexity index is 351. The van der Waals surface area contributed by atoms with Crippen LogP contribution in [0.5, 0.6) is 0 Å². The smallest absolute Gasteiger partial charge is 0.315 e. The summed E-state index contributed by atoms with van der Waals surface area (Å²) in [6, 6.07) is 0.303. The molecule has 7 heteroatoms. The van der Waals surface area contributed by atoms with Crippen LogP contribution in [0.3, 0.4) is 0 Å². The molecule has 0 radical (unpaired) electrons. The third-order valence-electron chi connectivity index (χ3n) is 1.63. The van der Waals surface area contributed by atoms with Gasteiger partial charge in [-0.05, 0) is 20.8 Å². The van der Waals surface area contributed by atoms with E-state index in [-0.39, 0.29) is 29.9 Å². The molecular weight excluding hydrogens is 232 g/mol. The van der Waals surface area contributed by atoms with Crippen LogP contribution < -0.4 is 10.6 Å². The Morgan fingerprint density at radius 3 is 2.62 bits per heavy atom. The Morgan fingerprint density at radius 1 is 1.44 bits per heavy atom. The number of rotatable bonds is 5. The zero-order valence-electron chi connectivity index (χ0n) is 9.45. The van der Waals surface area contributed by atoms with E-state index in [1.165, 1.54) is 0 Å². The van der Waals surface area contributed by atoms with Gasteiger partial charge in [-0.1, -0.05) is 5.10 Å². The monoisotopic (exact) mass is 246 g/mol. The maximum atomic E-state index is 11.3. The van der Waals surface area contributed by atoms with E-state index in [2.05, 4.69) is 20.8 Å². The van der Waals surface area contributed by atoms with Crippen molar-refractivity contribution in [3.05, 3.63) is 5.89 Å². The molecule has 1 heterocycles. The molecule has 1 amide bonds. The van der Waals surface area contributed by atoms with Gasteiger partial charge in [0.15, 0.2) is 0 Å². The second-order valence-corrected chi connectivity index (χ2v) is 4.29. The molecule has 6 nitrogen and oxygen atoms in total. The number of hydrogen-bond acceptors (Lipinski definition) is 5. The number of halogens is 1. The van der Waals surface area contributed by atoms with Crippen molar-refractivity contribution in [3.8, 4) is 0 Å². The third-order valence-corrected chi connectivity index (χ3v) is 1.82. The van der Waals surface area contributed by atoms with E-state index >= 15 is 0 Å². The Morgan fingerprint density at radius 2 is 2.12 bits per heavy atom. The van der Waals surface area contributed by atoms with E-state index in [1.54, 1.807) is 6.92 Å². The van der Waals surface area contributed by atoms with Gasteiger partial charge >= 0.3 is 6.01 Å². The highest BCUT2D eigenvalue weighted by atomic mass is 35.5. The summed E-state index contributed by atoms with van der Waals surface area (Å²) in [5.41, 5.74) is 0. The number of nitrogens with zero attached hydrogens (tertiary/aromatic N) is 2. The Balaban J connectivity index is 2.39. The third kappa shape index (κ3) is 4.06. The quantitative estimate of drug-likeness (QED) is 0.766. The molecule has 0 spiro atoms. The van der Waals surface area contributed by atoms with Crippen LogP contribution in [-0.2, 0) is 4.79 Å². The molecule has 0 aliphatic heterocycles. The minimum absolute atomic E-state index is 0.0937. The largest absolute Gasteiger partial charge is 0.406 e. The van der Waals surface area contributed by atoms with E-state index in [9.17, 15) is 4.79 Å². The lowest BCUT2D eigenvalue weighted by atomic mass is 10.4. The van der Waals surface area contributed by atoms with Crippen LogP contribution >= 0.6 is 11.6 Å². The lowest BCUT2D eigenvalue weighted by molar-refractivity contribution is -0.119. The molecule has 16 heavy (non-hydrogen) atoms. The molecule has 0 saturated carbocycles. The lowest BCUT2D eigenvalue weighted by Gasteiger charge is -2.07. The van der Waals surface area contributed by atoms with E-state index in [0.29, 0.717) is 5.89 Å². The molecule has 1 aromatic rings. The maximum absolute atomic E-state index is 11.3. The van der Waals surface area contributed by atoms with Crippen LogP contribution in [-0.4, -0.2) is 28.7 Å². The first-order valence-corrected chi connectivity index (χ1v) is 5.43. The summed E-state index contributed by atoms with van der Waals surface area (Å²) in [5, 5.41) is 12.5. The highest BCUT2D eigenvalue weighted by Crippen LogP contribution is 2.18. The first-order chi connectivity index (χ1) is 7.49. The second kappa shape index (κ2) is 5.69. The van der Waals surface area contributed by atoms with Gasteiger partial charge in [-0.2, -0.15) is 0 Å². The van der Waals surface area contributed by atoms with Gasteiger partial charge in [-0.25, -0.2) is 0 Å². The van der Waals surface area contributed by atoms with Gasteiger partial charge in [-0.15, -0.1) is 16.7 Å². The summed E-state index contributed by atoms with van der Waals surface area (Å²) >= 11 is 5.74. The molecule has 1 rings (SSSR count). The number of anilines is 1. The average Bonchev–Trinajstić information content (AvgIpc) is 2.61. The number of aromatic nitrogens is 2. The van der Waals surface area contributed by atoms with Crippen LogP contribution in [0, 0.1) is 0 Å². The highest BCUT2D eigenvalue weighted by Gasteiger charge is 2.11. The molecule has 0 saturated heterocycles. The summed E-state index contributed by atoms with van der Waals surface area (Å²) < 4.78 is 5.16. The molecule has 0 aliphatic rings. The van der Waals surface area contributed by atoms with Gasteiger partial charge in [0, 0.05) is 6.04 Å². The van der Waals surface area contributed by atoms with Crippen LogP contribution in [0.2, 0.25) is 0 Å². The normalized spacial score (nSPS) is 12.6. The van der Waals surface area contributed by atoms with Gasteiger partial charge in [0.2, 0.25) is 11.8 Å². The Hall–Kier alpha value is -1.30. The zero-order valence-corrected chi connectivity index (χ0v) is 10.2. The number of alkyl halides is 1. The summed E-state index contributed by atoms with van der Waals surface area (Å²) in [6.07, 6.45) is 0. The van der Waals surface area contributed by atoms with Gasteiger partial charge in [0.05, 0.1) is 6.54 Å². The first-order valence-electron chi connectivity index (χ1n) is 4.99. The van der Waals surface area contributed by atoms with E-state index in [1.807, 2.05) is 13.8 Å². The van der Waals surface area contributed by atoms with Crippen LogP contribution in [0.1, 0.15) is 32.0 Å². The number of carbonyl (C=O) groups excluding carboxylic acids is 1. The molecule has 90 valence electrons. The molecular formula is C9H15ClN4O2. The van der Waals surface area contributed by atoms with Gasteiger partial charge < -0.3 is 15.1 Å². The summed E-state index contributed by atoms with van der Waals surface area (Å²) in [5.74, 6) is 0.196. The Labute approximate surface area is 98.8 Å². The molecule has 2 N–H and O–H groups in total. The predicted molar refractivity (Wildman–Crippen MR) is 60.3 cm³/mol. The molecule has 1 aromatic heterocycles. The average molecular weight is 247 g/mol. The highest BCUT2D eigenvalue weighted by molar-refractivity contribution is 6.20. The molecule has 0 aromatic carbocycles. The van der Waals surface area contributed by atoms with Gasteiger partial charge in [-0.3, -0.25) is 4.79 Å². The van der Waals surface area contributed by atoms with Crippen molar-refractivity contribution in [2.24, 2.45) is 0 Å². The number of carbonyl (C=O) groups is 1. The molecule has 1 atom stereocenters. The predicted octanol–water partition coefficient (Wildman–Crippen LogP) is 1.31. The molecule has 0 fully saturated rings. The number of amides is 1. The van der Waals surface area contributed by atoms with Crippen LogP contribution in [0.4, 0.5) is 6.01 Å². The maximum Gasteiger partial charge on any atom is 0.315 e. The summed E-state index contributed by atoms with van der Waals surface area (Å²) in [7, 11) is 0.